The van der Waals surface area contributed by atoms with E-state index in [0.717, 1.165) is 29.2 Å². The summed E-state index contributed by atoms with van der Waals surface area (Å²) in [4.78, 5) is 4.76. The number of benzene rings is 1. The third kappa shape index (κ3) is 6.85. The summed E-state index contributed by atoms with van der Waals surface area (Å²) < 4.78 is 13.9. The normalized spacial score (nSPS) is 12.0. The summed E-state index contributed by atoms with van der Waals surface area (Å²) in [6, 6.07) is 8.64. The van der Waals surface area contributed by atoms with Crippen LogP contribution >= 0.6 is 0 Å². The second kappa shape index (κ2) is 10.6. The Morgan fingerprint density at radius 2 is 1.94 bits per heavy atom. The summed E-state index contributed by atoms with van der Waals surface area (Å²) in [5.41, 5.74) is 4.51. The quantitative estimate of drug-likeness (QED) is 0.422. The Bertz CT molecular complexity index is 997. The smallest absolute Gasteiger partial charge is 0.146 e. The van der Waals surface area contributed by atoms with Crippen molar-refractivity contribution in [2.24, 2.45) is 0 Å². The number of rotatable bonds is 9. The molecule has 4 nitrogen and oxygen atoms in total. The minimum absolute atomic E-state index is 0.0383. The molecule has 1 heterocycles. The summed E-state index contributed by atoms with van der Waals surface area (Å²) in [6.07, 6.45) is 8.31. The lowest BCUT2D eigenvalue weighted by Gasteiger charge is -2.21. The molecule has 0 fully saturated rings. The lowest BCUT2D eigenvalue weighted by Crippen LogP contribution is -2.17. The maximum absolute atomic E-state index is 13.9. The van der Waals surface area contributed by atoms with E-state index >= 15 is 0 Å². The number of anilines is 2. The molecule has 0 aliphatic heterocycles. The molecule has 0 aliphatic carbocycles. The van der Waals surface area contributed by atoms with Gasteiger partial charge in [0.15, 0.2) is 0 Å². The van der Waals surface area contributed by atoms with Gasteiger partial charge in [0.1, 0.15) is 17.5 Å². The van der Waals surface area contributed by atoms with E-state index in [0.29, 0.717) is 11.5 Å². The van der Waals surface area contributed by atoms with E-state index in [-0.39, 0.29) is 11.2 Å². The van der Waals surface area contributed by atoms with E-state index in [1.807, 2.05) is 19.2 Å². The molecular formula is C26H33FN4. The van der Waals surface area contributed by atoms with Crippen molar-refractivity contribution < 1.29 is 4.39 Å². The molecule has 3 N–H and O–H groups in total. The molecule has 0 aliphatic rings. The number of hydrogen-bond donors (Lipinski definition) is 3. The monoisotopic (exact) mass is 420 g/mol. The number of para-hydroxylation sites is 1. The maximum Gasteiger partial charge on any atom is 0.146 e. The third-order valence-electron chi connectivity index (χ3n) is 4.77. The van der Waals surface area contributed by atoms with Gasteiger partial charge in [-0.25, -0.2) is 9.37 Å². The van der Waals surface area contributed by atoms with Crippen LogP contribution in [0, 0.1) is 12.7 Å². The first kappa shape index (κ1) is 23.9. The van der Waals surface area contributed by atoms with Crippen LogP contribution in [0.4, 0.5) is 15.9 Å². The van der Waals surface area contributed by atoms with E-state index < -0.39 is 0 Å². The molecule has 0 saturated carbocycles. The van der Waals surface area contributed by atoms with Gasteiger partial charge < -0.3 is 16.0 Å². The Labute approximate surface area is 185 Å². The van der Waals surface area contributed by atoms with Crippen molar-refractivity contribution in [1.82, 2.24) is 10.3 Å². The van der Waals surface area contributed by atoms with Crippen LogP contribution in [0.3, 0.4) is 0 Å². The first-order chi connectivity index (χ1) is 14.7. The number of nitrogens with zero attached hydrogens (tertiary/aromatic N) is 1. The summed E-state index contributed by atoms with van der Waals surface area (Å²) in [5, 5.41) is 9.31. The molecule has 0 radical (unpaired) electrons. The topological polar surface area (TPSA) is 49.0 Å². The van der Waals surface area contributed by atoms with Gasteiger partial charge in [-0.2, -0.15) is 0 Å². The SMILES string of the molecule is C=C/C=C(\C=C/Cc1cc(C(C)(C)C)nc(NC)c1C)NC(=C)Nc1ccccc1F. The standard InChI is InChI=1S/C26H33FN4/c1-8-12-21(29-19(3)30-23-16-10-9-15-22(23)27)14-11-13-20-17-24(26(4,5)6)31-25(28-7)18(20)2/h8-12,14-17,29-30H,1,3,13H2,2,4-7H3,(H,28,31)/b14-11-,21-12+. The molecule has 0 bridgehead atoms. The van der Waals surface area contributed by atoms with Crippen molar-refractivity contribution in [2.45, 2.75) is 39.5 Å². The van der Waals surface area contributed by atoms with Crippen LogP contribution in [-0.2, 0) is 11.8 Å². The lowest BCUT2D eigenvalue weighted by molar-refractivity contribution is 0.568. The van der Waals surface area contributed by atoms with Gasteiger partial charge >= 0.3 is 0 Å². The summed E-state index contributed by atoms with van der Waals surface area (Å²) in [7, 11) is 1.89. The van der Waals surface area contributed by atoms with Crippen molar-refractivity contribution in [3.63, 3.8) is 0 Å². The molecule has 164 valence electrons. The van der Waals surface area contributed by atoms with Crippen LogP contribution in [0.5, 0.6) is 0 Å². The molecule has 2 rings (SSSR count). The number of aromatic nitrogens is 1. The predicted octanol–water partition coefficient (Wildman–Crippen LogP) is 6.21. The maximum atomic E-state index is 13.9. The Morgan fingerprint density at radius 1 is 1.23 bits per heavy atom. The van der Waals surface area contributed by atoms with E-state index in [2.05, 4.69) is 68.9 Å². The zero-order valence-corrected chi connectivity index (χ0v) is 19.1. The Morgan fingerprint density at radius 3 is 2.55 bits per heavy atom. The minimum Gasteiger partial charge on any atom is -0.373 e. The van der Waals surface area contributed by atoms with Crippen LogP contribution < -0.4 is 16.0 Å². The lowest BCUT2D eigenvalue weighted by atomic mass is 9.89. The van der Waals surface area contributed by atoms with Gasteiger partial charge in [-0.05, 0) is 54.8 Å². The first-order valence-corrected chi connectivity index (χ1v) is 10.3. The molecule has 31 heavy (non-hydrogen) atoms. The van der Waals surface area contributed by atoms with Gasteiger partial charge in [-0.3, -0.25) is 0 Å². The summed E-state index contributed by atoms with van der Waals surface area (Å²) >= 11 is 0. The number of hydrogen-bond acceptors (Lipinski definition) is 4. The molecule has 2 aromatic rings. The molecule has 1 aromatic carbocycles. The minimum atomic E-state index is -0.335. The highest BCUT2D eigenvalue weighted by Crippen LogP contribution is 2.27. The van der Waals surface area contributed by atoms with Crippen molar-refractivity contribution in [1.29, 1.82) is 0 Å². The molecule has 0 atom stereocenters. The average molecular weight is 421 g/mol. The highest BCUT2D eigenvalue weighted by atomic mass is 19.1. The number of allylic oxidation sites excluding steroid dienone is 4. The van der Waals surface area contributed by atoms with Gasteiger partial charge in [0.05, 0.1) is 5.69 Å². The predicted molar refractivity (Wildman–Crippen MR) is 131 cm³/mol. The van der Waals surface area contributed by atoms with E-state index in [4.69, 9.17) is 4.98 Å². The van der Waals surface area contributed by atoms with Crippen LogP contribution in [0.25, 0.3) is 0 Å². The molecule has 1 aromatic heterocycles. The van der Waals surface area contributed by atoms with E-state index in [1.54, 1.807) is 24.3 Å². The van der Waals surface area contributed by atoms with Gasteiger partial charge in [0.2, 0.25) is 0 Å². The zero-order valence-electron chi connectivity index (χ0n) is 19.1. The van der Waals surface area contributed by atoms with Crippen molar-refractivity contribution in [3.05, 3.63) is 102 Å². The van der Waals surface area contributed by atoms with E-state index in [9.17, 15) is 4.39 Å². The number of nitrogens with one attached hydrogen (secondary N) is 3. The zero-order chi connectivity index (χ0) is 23.0. The van der Waals surface area contributed by atoms with Crippen molar-refractivity contribution in [3.8, 4) is 0 Å². The second-order valence-corrected chi connectivity index (χ2v) is 8.31. The molecular weight excluding hydrogens is 387 g/mol. The molecule has 0 saturated heterocycles. The summed E-state index contributed by atoms with van der Waals surface area (Å²) in [5.74, 6) is 1.03. The number of pyridine rings is 1. The third-order valence-corrected chi connectivity index (χ3v) is 4.77. The van der Waals surface area contributed by atoms with Crippen LogP contribution in [-0.4, -0.2) is 12.0 Å². The van der Waals surface area contributed by atoms with E-state index in [1.165, 1.54) is 11.6 Å². The Kier molecular flexibility index (Phi) is 8.20. The highest BCUT2D eigenvalue weighted by Gasteiger charge is 2.18. The molecule has 0 unspecified atom stereocenters. The van der Waals surface area contributed by atoms with Crippen molar-refractivity contribution >= 4 is 11.5 Å². The highest BCUT2D eigenvalue weighted by molar-refractivity contribution is 5.51. The second-order valence-electron chi connectivity index (χ2n) is 8.31. The Balaban J connectivity index is 2.15. The van der Waals surface area contributed by atoms with Gasteiger partial charge in [0.25, 0.3) is 0 Å². The Hall–Kier alpha value is -3.34. The number of halogens is 1. The van der Waals surface area contributed by atoms with Gasteiger partial charge in [0, 0.05) is 23.9 Å². The van der Waals surface area contributed by atoms with Crippen LogP contribution in [0.1, 0.15) is 37.6 Å². The van der Waals surface area contributed by atoms with Crippen LogP contribution in [0.2, 0.25) is 0 Å². The first-order valence-electron chi connectivity index (χ1n) is 10.3. The fraction of sp³-hybridized carbons (Fsp3) is 0.269. The fourth-order valence-electron chi connectivity index (χ4n) is 3.01. The molecule has 0 amide bonds. The van der Waals surface area contributed by atoms with Gasteiger partial charge in [-0.1, -0.05) is 58.2 Å². The molecule has 0 spiro atoms. The van der Waals surface area contributed by atoms with Crippen LogP contribution in [0.15, 0.2) is 79.3 Å². The van der Waals surface area contributed by atoms with Gasteiger partial charge in [-0.15, -0.1) is 0 Å². The fourth-order valence-corrected chi connectivity index (χ4v) is 3.01. The molecule has 5 heteroatoms. The summed E-state index contributed by atoms with van der Waals surface area (Å²) in [6.45, 7) is 16.3. The average Bonchev–Trinajstić information content (AvgIpc) is 2.70. The van der Waals surface area contributed by atoms with Crippen molar-refractivity contribution in [2.75, 3.05) is 17.7 Å². The largest absolute Gasteiger partial charge is 0.373 e.